The molecular formula is C16H20N2O2S. The minimum absolute atomic E-state index is 0.0726. The number of nitrogens with zero attached hydrogens (tertiary/aromatic N) is 1. The molecule has 1 aliphatic carbocycles. The maximum atomic E-state index is 12.6. The fourth-order valence-corrected chi connectivity index (χ4v) is 4.07. The van der Waals surface area contributed by atoms with Crippen LogP contribution in [-0.4, -0.2) is 11.1 Å². The molecule has 3 rings (SSSR count). The molecule has 0 bridgehead atoms. The third kappa shape index (κ3) is 2.88. The second-order valence-corrected chi connectivity index (χ2v) is 6.69. The van der Waals surface area contributed by atoms with Crippen molar-refractivity contribution in [1.29, 1.82) is 0 Å². The minimum atomic E-state index is -0.0726. The van der Waals surface area contributed by atoms with Gasteiger partial charge in [-0.1, -0.05) is 24.1 Å². The number of amides is 1. The van der Waals surface area contributed by atoms with Gasteiger partial charge in [-0.15, -0.1) is 11.3 Å². The number of hydrogen-bond donors (Lipinski definition) is 1. The van der Waals surface area contributed by atoms with Gasteiger partial charge >= 0.3 is 0 Å². The summed E-state index contributed by atoms with van der Waals surface area (Å²) in [6.45, 7) is 3.59. The van der Waals surface area contributed by atoms with E-state index in [0.29, 0.717) is 22.9 Å². The first-order valence-corrected chi connectivity index (χ1v) is 8.32. The van der Waals surface area contributed by atoms with Crippen LogP contribution in [0.1, 0.15) is 58.4 Å². The Bertz CT molecular complexity index is 593. The number of thiophene rings is 1. The Morgan fingerprint density at radius 3 is 2.76 bits per heavy atom. The number of carbonyl (C=O) groups excluding carboxylic acids is 1. The summed E-state index contributed by atoms with van der Waals surface area (Å²) in [6.07, 6.45) is 4.89. The van der Waals surface area contributed by atoms with E-state index in [4.69, 9.17) is 4.52 Å². The van der Waals surface area contributed by atoms with Crippen LogP contribution in [0.5, 0.6) is 0 Å². The van der Waals surface area contributed by atoms with Crippen molar-refractivity contribution in [2.45, 2.75) is 45.6 Å². The number of aromatic nitrogens is 1. The van der Waals surface area contributed by atoms with E-state index in [2.05, 4.69) is 21.9 Å². The molecule has 1 saturated carbocycles. The van der Waals surface area contributed by atoms with Crippen molar-refractivity contribution >= 4 is 17.2 Å². The van der Waals surface area contributed by atoms with Crippen molar-refractivity contribution in [3.05, 3.63) is 39.4 Å². The minimum Gasteiger partial charge on any atom is -0.361 e. The smallest absolute Gasteiger partial charge is 0.257 e. The van der Waals surface area contributed by atoms with E-state index in [0.717, 1.165) is 0 Å². The highest BCUT2D eigenvalue weighted by Crippen LogP contribution is 2.37. The molecule has 1 amide bonds. The van der Waals surface area contributed by atoms with Crippen LogP contribution in [0.2, 0.25) is 0 Å². The predicted octanol–water partition coefficient (Wildman–Crippen LogP) is 4.01. The maximum Gasteiger partial charge on any atom is 0.257 e. The number of hydrogen-bond acceptors (Lipinski definition) is 4. The van der Waals surface area contributed by atoms with Gasteiger partial charge in [0.05, 0.1) is 11.7 Å². The number of aryl methyl sites for hydroxylation is 2. The molecule has 5 heteroatoms. The highest BCUT2D eigenvalue weighted by atomic mass is 32.1. The largest absolute Gasteiger partial charge is 0.361 e. The predicted molar refractivity (Wildman–Crippen MR) is 82.5 cm³/mol. The lowest BCUT2D eigenvalue weighted by atomic mass is 9.96. The van der Waals surface area contributed by atoms with Crippen LogP contribution in [0, 0.1) is 19.8 Å². The number of rotatable bonds is 4. The molecule has 0 spiro atoms. The zero-order valence-electron chi connectivity index (χ0n) is 12.4. The summed E-state index contributed by atoms with van der Waals surface area (Å²) in [6, 6.07) is 4.26. The zero-order valence-corrected chi connectivity index (χ0v) is 13.2. The highest BCUT2D eigenvalue weighted by molar-refractivity contribution is 7.10. The zero-order chi connectivity index (χ0) is 14.8. The normalized spacial score (nSPS) is 17.0. The summed E-state index contributed by atoms with van der Waals surface area (Å²) < 4.78 is 5.11. The molecule has 1 atom stereocenters. The maximum absolute atomic E-state index is 12.6. The van der Waals surface area contributed by atoms with Crippen molar-refractivity contribution in [3.63, 3.8) is 0 Å². The first kappa shape index (κ1) is 14.3. The SMILES string of the molecule is Cc1noc(C)c1C(=O)N[C@@H](c1cccs1)C1CCCC1. The lowest BCUT2D eigenvalue weighted by molar-refractivity contribution is 0.0920. The van der Waals surface area contributed by atoms with E-state index in [1.807, 2.05) is 6.07 Å². The van der Waals surface area contributed by atoms with Crippen LogP contribution >= 0.6 is 11.3 Å². The van der Waals surface area contributed by atoms with E-state index < -0.39 is 0 Å². The first-order valence-electron chi connectivity index (χ1n) is 7.44. The van der Waals surface area contributed by atoms with Gasteiger partial charge in [-0.25, -0.2) is 0 Å². The molecule has 4 nitrogen and oxygen atoms in total. The Balaban J connectivity index is 1.83. The van der Waals surface area contributed by atoms with Gasteiger partial charge in [-0.2, -0.15) is 0 Å². The molecule has 1 fully saturated rings. The molecule has 1 aliphatic rings. The van der Waals surface area contributed by atoms with Crippen LogP contribution in [0.4, 0.5) is 0 Å². The second kappa shape index (κ2) is 6.02. The van der Waals surface area contributed by atoms with E-state index in [-0.39, 0.29) is 11.9 Å². The molecule has 112 valence electrons. The van der Waals surface area contributed by atoms with Gasteiger partial charge in [0.15, 0.2) is 0 Å². The Labute approximate surface area is 128 Å². The topological polar surface area (TPSA) is 55.1 Å². The van der Waals surface area contributed by atoms with E-state index in [1.165, 1.54) is 30.6 Å². The van der Waals surface area contributed by atoms with Crippen LogP contribution in [0.15, 0.2) is 22.0 Å². The monoisotopic (exact) mass is 304 g/mol. The van der Waals surface area contributed by atoms with Crippen LogP contribution in [-0.2, 0) is 0 Å². The average molecular weight is 304 g/mol. The molecule has 2 aromatic heterocycles. The fourth-order valence-electron chi connectivity index (χ4n) is 3.20. The van der Waals surface area contributed by atoms with Gasteiger partial charge in [-0.3, -0.25) is 4.79 Å². The third-order valence-corrected chi connectivity index (χ3v) is 5.22. The van der Waals surface area contributed by atoms with Crippen molar-refractivity contribution in [2.24, 2.45) is 5.92 Å². The Hall–Kier alpha value is -1.62. The molecule has 2 aromatic rings. The average Bonchev–Trinajstić information content (AvgIpc) is 3.18. The molecule has 0 unspecified atom stereocenters. The molecule has 21 heavy (non-hydrogen) atoms. The van der Waals surface area contributed by atoms with E-state index in [1.54, 1.807) is 25.2 Å². The van der Waals surface area contributed by atoms with Crippen molar-refractivity contribution in [1.82, 2.24) is 10.5 Å². The van der Waals surface area contributed by atoms with Crippen molar-refractivity contribution in [3.8, 4) is 0 Å². The molecule has 2 heterocycles. The van der Waals surface area contributed by atoms with Crippen molar-refractivity contribution < 1.29 is 9.32 Å². The van der Waals surface area contributed by atoms with Crippen LogP contribution in [0.25, 0.3) is 0 Å². The first-order chi connectivity index (χ1) is 10.2. The van der Waals surface area contributed by atoms with Gasteiger partial charge in [0.2, 0.25) is 0 Å². The summed E-state index contributed by atoms with van der Waals surface area (Å²) in [5.41, 5.74) is 1.23. The van der Waals surface area contributed by atoms with Gasteiger partial charge < -0.3 is 9.84 Å². The summed E-state index contributed by atoms with van der Waals surface area (Å²) in [7, 11) is 0. The molecule has 0 aliphatic heterocycles. The van der Waals surface area contributed by atoms with Gasteiger partial charge in [0.25, 0.3) is 5.91 Å². The van der Waals surface area contributed by atoms with Gasteiger partial charge in [0, 0.05) is 4.88 Å². The second-order valence-electron chi connectivity index (χ2n) is 5.71. The molecule has 0 saturated heterocycles. The summed E-state index contributed by atoms with van der Waals surface area (Å²) in [5, 5.41) is 9.16. The summed E-state index contributed by atoms with van der Waals surface area (Å²) in [4.78, 5) is 13.8. The Morgan fingerprint density at radius 2 is 2.19 bits per heavy atom. The number of carbonyl (C=O) groups is 1. The van der Waals surface area contributed by atoms with Crippen molar-refractivity contribution in [2.75, 3.05) is 0 Å². The Kier molecular flexibility index (Phi) is 4.10. The van der Waals surface area contributed by atoms with Gasteiger partial charge in [0.1, 0.15) is 11.3 Å². The standard InChI is InChI=1S/C16H20N2O2S/c1-10-14(11(2)20-18-10)16(19)17-15(12-6-3-4-7-12)13-8-5-9-21-13/h5,8-9,12,15H,3-4,6-7H2,1-2H3,(H,17,19)/t15-/m1/s1. The molecular weight excluding hydrogens is 284 g/mol. The lowest BCUT2D eigenvalue weighted by Crippen LogP contribution is -2.32. The molecule has 1 N–H and O–H groups in total. The van der Waals surface area contributed by atoms with E-state index >= 15 is 0 Å². The quantitative estimate of drug-likeness (QED) is 0.928. The lowest BCUT2D eigenvalue weighted by Gasteiger charge is -2.23. The van der Waals surface area contributed by atoms with E-state index in [9.17, 15) is 4.79 Å². The highest BCUT2D eigenvalue weighted by Gasteiger charge is 2.30. The molecule has 0 aromatic carbocycles. The summed E-state index contributed by atoms with van der Waals surface area (Å²) >= 11 is 1.71. The van der Waals surface area contributed by atoms with Crippen LogP contribution < -0.4 is 5.32 Å². The third-order valence-electron chi connectivity index (χ3n) is 4.27. The van der Waals surface area contributed by atoms with Gasteiger partial charge in [-0.05, 0) is 44.1 Å². The molecule has 0 radical (unpaired) electrons. The summed E-state index contributed by atoms with van der Waals surface area (Å²) in [5.74, 6) is 1.05. The fraction of sp³-hybridized carbons (Fsp3) is 0.500. The van der Waals surface area contributed by atoms with Crippen LogP contribution in [0.3, 0.4) is 0 Å². The number of nitrogens with one attached hydrogen (secondary N) is 1. The Morgan fingerprint density at radius 1 is 1.43 bits per heavy atom.